The van der Waals surface area contributed by atoms with E-state index in [0.717, 1.165) is 4.90 Å². The summed E-state index contributed by atoms with van der Waals surface area (Å²) >= 11 is 0. The molecule has 0 saturated heterocycles. The van der Waals surface area contributed by atoms with Gasteiger partial charge in [0.05, 0.1) is 17.6 Å². The first-order chi connectivity index (χ1) is 17.4. The second kappa shape index (κ2) is 10.1. The number of halogens is 4. The van der Waals surface area contributed by atoms with Gasteiger partial charge in [-0.25, -0.2) is 18.9 Å². The molecule has 1 N–H and O–H groups in total. The molecule has 1 aliphatic heterocycles. The summed E-state index contributed by atoms with van der Waals surface area (Å²) in [6.45, 7) is 3.68. The van der Waals surface area contributed by atoms with E-state index in [2.05, 4.69) is 30.6 Å². The second-order valence-electron chi connectivity index (χ2n) is 8.72. The van der Waals surface area contributed by atoms with Gasteiger partial charge in [0.25, 0.3) is 5.91 Å². The summed E-state index contributed by atoms with van der Waals surface area (Å²) in [6.07, 6.45) is -5.61. The molecule has 1 aromatic carbocycles. The first kappa shape index (κ1) is 26.0. The fraction of sp³-hybridized carbons (Fsp3) is 0.391. The molecule has 0 saturated carbocycles. The number of aromatic nitrogens is 5. The minimum absolute atomic E-state index is 0.0399. The highest BCUT2D eigenvalue weighted by Crippen LogP contribution is 2.32. The van der Waals surface area contributed by atoms with Crippen LogP contribution in [0, 0.1) is 5.82 Å². The molecule has 3 aromatic rings. The molecule has 37 heavy (non-hydrogen) atoms. The van der Waals surface area contributed by atoms with Crippen molar-refractivity contribution in [2.75, 3.05) is 18.5 Å². The lowest BCUT2D eigenvalue weighted by molar-refractivity contribution is -0.163. The lowest BCUT2D eigenvalue weighted by Crippen LogP contribution is -2.40. The fourth-order valence-corrected chi connectivity index (χ4v) is 4.01. The minimum Gasteiger partial charge on any atom is -0.440 e. The smallest absolute Gasteiger partial charge is 0.422 e. The van der Waals surface area contributed by atoms with Gasteiger partial charge in [0.1, 0.15) is 17.3 Å². The molecule has 3 heterocycles. The number of nitrogens with one attached hydrogen (secondary N) is 1. The van der Waals surface area contributed by atoms with Crippen LogP contribution in [0.4, 0.5) is 28.2 Å². The van der Waals surface area contributed by atoms with Crippen LogP contribution in [0.1, 0.15) is 54.3 Å². The van der Waals surface area contributed by atoms with Crippen LogP contribution in [-0.4, -0.2) is 61.4 Å². The zero-order valence-electron chi connectivity index (χ0n) is 20.1. The number of carbonyl (C=O) groups is 2. The number of fused-ring (bicyclic) bond motifs is 1. The van der Waals surface area contributed by atoms with Crippen LogP contribution in [0.2, 0.25) is 0 Å². The van der Waals surface area contributed by atoms with Gasteiger partial charge in [-0.2, -0.15) is 13.2 Å². The van der Waals surface area contributed by atoms with Gasteiger partial charge in [0, 0.05) is 6.54 Å². The maximum Gasteiger partial charge on any atom is 0.422 e. The van der Waals surface area contributed by atoms with Gasteiger partial charge in [0.2, 0.25) is 5.82 Å². The largest absolute Gasteiger partial charge is 0.440 e. The fourth-order valence-electron chi connectivity index (χ4n) is 4.01. The Balaban J connectivity index is 1.55. The monoisotopic (exact) mass is 521 g/mol. The molecular weight excluding hydrogens is 498 g/mol. The van der Waals surface area contributed by atoms with Gasteiger partial charge >= 0.3 is 12.3 Å². The number of amides is 2. The van der Waals surface area contributed by atoms with E-state index in [0.29, 0.717) is 22.6 Å². The Labute approximate surface area is 208 Å². The van der Waals surface area contributed by atoms with Crippen molar-refractivity contribution in [2.45, 2.75) is 45.5 Å². The van der Waals surface area contributed by atoms with Gasteiger partial charge < -0.3 is 15.0 Å². The normalized spacial score (nSPS) is 15.5. The van der Waals surface area contributed by atoms with Crippen molar-refractivity contribution < 1.29 is 31.9 Å². The quantitative estimate of drug-likeness (QED) is 0.497. The SMILES string of the molecule is CC1c2cc(C(=O)Nc3cccc(-c4nnnn4C(C)C)n3)c(F)cc2CCN1C(=O)OCC(F)(F)F. The third-order valence-corrected chi connectivity index (χ3v) is 5.81. The highest BCUT2D eigenvalue weighted by atomic mass is 19.4. The first-order valence-corrected chi connectivity index (χ1v) is 11.3. The zero-order valence-corrected chi connectivity index (χ0v) is 20.1. The van der Waals surface area contributed by atoms with Crippen LogP contribution in [0.3, 0.4) is 0 Å². The van der Waals surface area contributed by atoms with Gasteiger partial charge in [-0.05, 0) is 73.0 Å². The Morgan fingerprint density at radius 3 is 2.70 bits per heavy atom. The molecule has 196 valence electrons. The molecule has 14 heteroatoms. The third-order valence-electron chi connectivity index (χ3n) is 5.81. The molecule has 0 radical (unpaired) electrons. The number of carbonyl (C=O) groups excluding carboxylic acids is 2. The molecule has 1 unspecified atom stereocenters. The van der Waals surface area contributed by atoms with E-state index in [9.17, 15) is 27.2 Å². The van der Waals surface area contributed by atoms with Crippen LogP contribution < -0.4 is 5.32 Å². The molecule has 0 spiro atoms. The second-order valence-corrected chi connectivity index (χ2v) is 8.72. The van der Waals surface area contributed by atoms with Crippen LogP contribution in [0.25, 0.3) is 11.5 Å². The van der Waals surface area contributed by atoms with Crippen molar-refractivity contribution in [1.29, 1.82) is 0 Å². The standard InChI is InChI=1S/C23H23F4N7O3/c1-12(2)34-20(30-31-32-34)18-5-4-6-19(28-18)29-21(35)16-10-15-13(3)33(8-7-14(15)9-17(16)24)22(36)37-11-23(25,26)27/h4-6,9-10,12-13H,7-8,11H2,1-3H3,(H,28,29,35). The number of benzene rings is 1. The molecule has 10 nitrogen and oxygen atoms in total. The van der Waals surface area contributed by atoms with Crippen molar-refractivity contribution in [3.8, 4) is 11.5 Å². The molecule has 0 bridgehead atoms. The summed E-state index contributed by atoms with van der Waals surface area (Å²) in [5.74, 6) is -1.06. The summed E-state index contributed by atoms with van der Waals surface area (Å²) in [4.78, 5) is 30.6. The Bertz CT molecular complexity index is 1330. The number of alkyl halides is 3. The molecule has 2 aromatic heterocycles. The summed E-state index contributed by atoms with van der Waals surface area (Å²) < 4.78 is 58.1. The lowest BCUT2D eigenvalue weighted by Gasteiger charge is -2.34. The predicted octanol–water partition coefficient (Wildman–Crippen LogP) is 4.33. The Hall–Kier alpha value is -4.10. The zero-order chi connectivity index (χ0) is 26.9. The summed E-state index contributed by atoms with van der Waals surface area (Å²) in [6, 6.07) is 6.51. The predicted molar refractivity (Wildman–Crippen MR) is 122 cm³/mol. The van der Waals surface area contributed by atoms with E-state index in [1.165, 1.54) is 18.2 Å². The van der Waals surface area contributed by atoms with Crippen LogP contribution in [0.15, 0.2) is 30.3 Å². The number of anilines is 1. The van der Waals surface area contributed by atoms with Crippen molar-refractivity contribution >= 4 is 17.8 Å². The van der Waals surface area contributed by atoms with Crippen LogP contribution in [-0.2, 0) is 11.2 Å². The molecule has 1 aliphatic rings. The topological polar surface area (TPSA) is 115 Å². The Morgan fingerprint density at radius 2 is 2.00 bits per heavy atom. The summed E-state index contributed by atoms with van der Waals surface area (Å²) in [5.41, 5.74) is 1.06. The lowest BCUT2D eigenvalue weighted by atomic mass is 9.91. The van der Waals surface area contributed by atoms with Crippen molar-refractivity contribution in [3.63, 3.8) is 0 Å². The average molecular weight is 521 g/mol. The number of hydrogen-bond donors (Lipinski definition) is 1. The molecule has 1 atom stereocenters. The number of tetrazole rings is 1. The van der Waals surface area contributed by atoms with E-state index in [1.807, 2.05) is 13.8 Å². The van der Waals surface area contributed by atoms with E-state index in [-0.39, 0.29) is 30.4 Å². The molecule has 4 rings (SSSR count). The maximum atomic E-state index is 14.9. The maximum absolute atomic E-state index is 14.9. The number of hydrogen-bond acceptors (Lipinski definition) is 7. The van der Waals surface area contributed by atoms with E-state index in [1.54, 1.807) is 23.7 Å². The van der Waals surface area contributed by atoms with E-state index < -0.39 is 36.6 Å². The molecule has 0 aliphatic carbocycles. The van der Waals surface area contributed by atoms with Gasteiger partial charge in [-0.3, -0.25) is 4.79 Å². The third kappa shape index (κ3) is 5.67. The highest BCUT2D eigenvalue weighted by molar-refractivity contribution is 6.04. The molecule has 2 amide bonds. The van der Waals surface area contributed by atoms with Crippen LogP contribution in [0.5, 0.6) is 0 Å². The van der Waals surface area contributed by atoms with Crippen molar-refractivity contribution in [2.24, 2.45) is 0 Å². The summed E-state index contributed by atoms with van der Waals surface area (Å²) in [5, 5.41) is 14.1. The number of pyridine rings is 1. The number of rotatable bonds is 5. The van der Waals surface area contributed by atoms with Gasteiger partial charge in [-0.1, -0.05) is 6.07 Å². The highest BCUT2D eigenvalue weighted by Gasteiger charge is 2.34. The number of nitrogens with zero attached hydrogens (tertiary/aromatic N) is 6. The van der Waals surface area contributed by atoms with Crippen LogP contribution >= 0.6 is 0 Å². The van der Waals surface area contributed by atoms with Gasteiger partial charge in [-0.15, -0.1) is 5.10 Å². The Morgan fingerprint density at radius 1 is 1.24 bits per heavy atom. The Kier molecular flexibility index (Phi) is 7.09. The number of ether oxygens (including phenoxy) is 1. The average Bonchev–Trinajstić information content (AvgIpc) is 3.33. The summed E-state index contributed by atoms with van der Waals surface area (Å²) in [7, 11) is 0. The molecule has 0 fully saturated rings. The minimum atomic E-state index is -4.66. The van der Waals surface area contributed by atoms with E-state index in [4.69, 9.17) is 0 Å². The molecular formula is C23H23F4N7O3. The van der Waals surface area contributed by atoms with Crippen molar-refractivity contribution in [3.05, 3.63) is 52.8 Å². The van der Waals surface area contributed by atoms with Gasteiger partial charge in [0.15, 0.2) is 6.61 Å². The first-order valence-electron chi connectivity index (χ1n) is 11.3. The van der Waals surface area contributed by atoms with Crippen molar-refractivity contribution in [1.82, 2.24) is 30.1 Å². The van der Waals surface area contributed by atoms with E-state index >= 15 is 0 Å².